The molecule has 6 nitrogen and oxygen atoms in total. The maximum atomic E-state index is 13.0. The van der Waals surface area contributed by atoms with E-state index in [0.717, 1.165) is 16.8 Å². The number of aromatic nitrogens is 2. The smallest absolute Gasteiger partial charge is 0.416 e. The van der Waals surface area contributed by atoms with E-state index in [1.807, 2.05) is 0 Å². The number of nitrogens with zero attached hydrogens (tertiary/aromatic N) is 2. The lowest BCUT2D eigenvalue weighted by Gasteiger charge is -2.18. The Labute approximate surface area is 180 Å². The number of anilines is 1. The van der Waals surface area contributed by atoms with Crippen LogP contribution in [0.1, 0.15) is 34.5 Å². The molecular weight excluding hydrogens is 435 g/mol. The fraction of sp³-hybridized carbons (Fsp3) is 0.190. The minimum absolute atomic E-state index is 0.119. The molecule has 1 atom stereocenters. The number of hydrogen-bond donors (Lipinski definition) is 1. The Kier molecular flexibility index (Phi) is 6.35. The fourth-order valence-electron chi connectivity index (χ4n) is 2.95. The number of carbonyl (C=O) groups excluding carboxylic acids is 1. The van der Waals surface area contributed by atoms with E-state index >= 15 is 0 Å². The second-order valence-corrected chi connectivity index (χ2v) is 6.97. The molecule has 0 spiro atoms. The summed E-state index contributed by atoms with van der Waals surface area (Å²) >= 11 is 6.22. The van der Waals surface area contributed by atoms with Crippen molar-refractivity contribution in [2.24, 2.45) is 0 Å². The molecule has 2 aromatic carbocycles. The molecule has 3 aromatic rings. The molecule has 0 saturated carbocycles. The van der Waals surface area contributed by atoms with E-state index in [2.05, 4.69) is 10.4 Å². The fourth-order valence-corrected chi connectivity index (χ4v) is 3.13. The van der Waals surface area contributed by atoms with Crippen molar-refractivity contribution in [3.8, 4) is 5.69 Å². The van der Waals surface area contributed by atoms with E-state index in [4.69, 9.17) is 16.3 Å². The number of nitrogens with one attached hydrogen (secondary N) is 1. The van der Waals surface area contributed by atoms with Crippen LogP contribution in [0.3, 0.4) is 0 Å². The van der Waals surface area contributed by atoms with Gasteiger partial charge in [0.05, 0.1) is 35.8 Å². The summed E-state index contributed by atoms with van der Waals surface area (Å²) in [6.45, 7) is 1.63. The van der Waals surface area contributed by atoms with Gasteiger partial charge in [0.15, 0.2) is 0 Å². The summed E-state index contributed by atoms with van der Waals surface area (Å²) in [7, 11) is 1.21. The maximum Gasteiger partial charge on any atom is 0.416 e. The summed E-state index contributed by atoms with van der Waals surface area (Å²) in [6, 6.07) is 10.4. The predicted molar refractivity (Wildman–Crippen MR) is 110 cm³/mol. The lowest BCUT2D eigenvalue weighted by atomic mass is 10.0. The summed E-state index contributed by atoms with van der Waals surface area (Å²) < 4.78 is 44.6. The van der Waals surface area contributed by atoms with Crippen molar-refractivity contribution in [1.29, 1.82) is 0 Å². The Hall–Kier alpha value is -3.33. The zero-order valence-corrected chi connectivity index (χ0v) is 17.2. The Balaban J connectivity index is 1.94. The van der Waals surface area contributed by atoms with Crippen molar-refractivity contribution in [3.05, 3.63) is 86.8 Å². The highest BCUT2D eigenvalue weighted by molar-refractivity contribution is 6.33. The van der Waals surface area contributed by atoms with Crippen LogP contribution >= 0.6 is 11.6 Å². The highest BCUT2D eigenvalue weighted by Gasteiger charge is 2.30. The molecule has 0 fully saturated rings. The third-order valence-corrected chi connectivity index (χ3v) is 4.91. The Morgan fingerprint density at radius 2 is 1.90 bits per heavy atom. The first-order valence-corrected chi connectivity index (χ1v) is 9.40. The standard InChI is InChI=1S/C21H17ClF3N3O3/c1-12(13-6-5-7-14(10-13)21(23,24)25)27-16-11-26-28(19(29)18(16)22)17-9-4-3-8-15(17)20(30)31-2/h3-12,27H,1-2H3. The molecule has 0 bridgehead atoms. The number of halogens is 4. The van der Waals surface area contributed by atoms with Gasteiger partial charge in [-0.2, -0.15) is 23.0 Å². The van der Waals surface area contributed by atoms with Crippen molar-refractivity contribution in [3.63, 3.8) is 0 Å². The van der Waals surface area contributed by atoms with Crippen LogP contribution in [0, 0.1) is 0 Å². The molecule has 0 aliphatic carbocycles. The van der Waals surface area contributed by atoms with E-state index in [-0.39, 0.29) is 22.0 Å². The second-order valence-electron chi connectivity index (χ2n) is 6.59. The number of para-hydroxylation sites is 1. The molecule has 1 heterocycles. The van der Waals surface area contributed by atoms with Crippen LogP contribution in [0.5, 0.6) is 0 Å². The van der Waals surface area contributed by atoms with Gasteiger partial charge < -0.3 is 10.1 Å². The normalized spacial score (nSPS) is 12.3. The Morgan fingerprint density at radius 1 is 1.19 bits per heavy atom. The SMILES string of the molecule is COC(=O)c1ccccc1-n1ncc(NC(C)c2cccc(C(F)(F)F)c2)c(Cl)c1=O. The molecular formula is C21H17ClF3N3O3. The van der Waals surface area contributed by atoms with Gasteiger partial charge in [0, 0.05) is 6.04 Å². The van der Waals surface area contributed by atoms with Crippen molar-refractivity contribution < 1.29 is 22.7 Å². The van der Waals surface area contributed by atoms with E-state index in [1.54, 1.807) is 19.1 Å². The van der Waals surface area contributed by atoms with Crippen LogP contribution in [0.4, 0.5) is 18.9 Å². The van der Waals surface area contributed by atoms with Gasteiger partial charge in [0.2, 0.25) is 0 Å². The topological polar surface area (TPSA) is 73.2 Å². The van der Waals surface area contributed by atoms with Crippen LogP contribution < -0.4 is 10.9 Å². The zero-order valence-electron chi connectivity index (χ0n) is 16.4. The summed E-state index contributed by atoms with van der Waals surface area (Å²) in [5.74, 6) is -0.652. The van der Waals surface area contributed by atoms with Gasteiger partial charge in [-0.15, -0.1) is 0 Å². The number of hydrogen-bond acceptors (Lipinski definition) is 5. The quantitative estimate of drug-likeness (QED) is 0.560. The monoisotopic (exact) mass is 451 g/mol. The molecule has 10 heteroatoms. The largest absolute Gasteiger partial charge is 0.465 e. The lowest BCUT2D eigenvalue weighted by molar-refractivity contribution is -0.137. The third-order valence-electron chi connectivity index (χ3n) is 4.54. The average molecular weight is 452 g/mol. The van der Waals surface area contributed by atoms with Crippen LogP contribution in [0.15, 0.2) is 59.5 Å². The second kappa shape index (κ2) is 8.81. The minimum atomic E-state index is -4.47. The predicted octanol–water partition coefficient (Wildman–Crippen LogP) is 4.86. The summed E-state index contributed by atoms with van der Waals surface area (Å²) in [5, 5.41) is 6.74. The molecule has 0 saturated heterocycles. The number of ether oxygens (including phenoxy) is 1. The van der Waals surface area contributed by atoms with Crippen LogP contribution in [-0.2, 0) is 10.9 Å². The van der Waals surface area contributed by atoms with Crippen molar-refractivity contribution >= 4 is 23.3 Å². The van der Waals surface area contributed by atoms with Gasteiger partial charge in [-0.3, -0.25) is 4.79 Å². The molecule has 1 N–H and O–H groups in total. The molecule has 0 aliphatic rings. The van der Waals surface area contributed by atoms with E-state index in [9.17, 15) is 22.8 Å². The summed E-state index contributed by atoms with van der Waals surface area (Å²) in [4.78, 5) is 24.8. The van der Waals surface area contributed by atoms with Crippen molar-refractivity contribution in [1.82, 2.24) is 9.78 Å². The van der Waals surface area contributed by atoms with Gasteiger partial charge >= 0.3 is 12.1 Å². The number of benzene rings is 2. The first-order chi connectivity index (χ1) is 14.6. The summed E-state index contributed by atoms with van der Waals surface area (Å²) in [5.41, 5.74) is -0.695. The van der Waals surface area contributed by atoms with Crippen LogP contribution in [0.25, 0.3) is 5.69 Å². The van der Waals surface area contributed by atoms with Gasteiger partial charge in [0.25, 0.3) is 5.56 Å². The average Bonchev–Trinajstić information content (AvgIpc) is 2.76. The number of methoxy groups -OCH3 is 1. The van der Waals surface area contributed by atoms with E-state index < -0.39 is 29.3 Å². The highest BCUT2D eigenvalue weighted by Crippen LogP contribution is 2.32. The first kappa shape index (κ1) is 22.4. The maximum absolute atomic E-state index is 13.0. The van der Waals surface area contributed by atoms with E-state index in [1.165, 1.54) is 37.6 Å². The van der Waals surface area contributed by atoms with Gasteiger partial charge in [-0.1, -0.05) is 35.9 Å². The van der Waals surface area contributed by atoms with Crippen LogP contribution in [0.2, 0.25) is 5.02 Å². The Bertz CT molecular complexity index is 1180. The first-order valence-electron chi connectivity index (χ1n) is 9.02. The van der Waals surface area contributed by atoms with Crippen molar-refractivity contribution in [2.45, 2.75) is 19.1 Å². The number of rotatable bonds is 5. The number of alkyl halides is 3. The zero-order chi connectivity index (χ0) is 22.8. The van der Waals surface area contributed by atoms with Gasteiger partial charge in [0.1, 0.15) is 5.02 Å². The third kappa shape index (κ3) is 4.72. The molecule has 162 valence electrons. The van der Waals surface area contributed by atoms with Gasteiger partial charge in [-0.25, -0.2) is 4.79 Å². The Morgan fingerprint density at radius 3 is 2.58 bits per heavy atom. The van der Waals surface area contributed by atoms with Gasteiger partial charge in [-0.05, 0) is 36.8 Å². The summed E-state index contributed by atoms with van der Waals surface area (Å²) in [6.07, 6.45) is -3.20. The molecule has 0 aliphatic heterocycles. The molecule has 0 amide bonds. The minimum Gasteiger partial charge on any atom is -0.465 e. The van der Waals surface area contributed by atoms with Crippen LogP contribution in [-0.4, -0.2) is 22.9 Å². The highest BCUT2D eigenvalue weighted by atomic mass is 35.5. The number of esters is 1. The molecule has 1 unspecified atom stereocenters. The molecule has 0 radical (unpaired) electrons. The lowest BCUT2D eigenvalue weighted by Crippen LogP contribution is -2.25. The molecule has 1 aromatic heterocycles. The molecule has 3 rings (SSSR count). The van der Waals surface area contributed by atoms with E-state index in [0.29, 0.717) is 5.56 Å². The number of carbonyl (C=O) groups is 1. The van der Waals surface area contributed by atoms with Crippen molar-refractivity contribution in [2.75, 3.05) is 12.4 Å². The molecule has 31 heavy (non-hydrogen) atoms.